The first-order valence-electron chi connectivity index (χ1n) is 9.27. The predicted molar refractivity (Wildman–Crippen MR) is 125 cm³/mol. The molecule has 2 heterocycles. The third-order valence-electron chi connectivity index (χ3n) is 4.39. The number of rotatable bonds is 6. The van der Waals surface area contributed by atoms with Crippen molar-refractivity contribution in [2.75, 3.05) is 10.6 Å². The number of hydrogen-bond donors (Lipinski definition) is 2. The molecule has 0 amide bonds. The minimum atomic E-state index is -0.273. The highest BCUT2D eigenvalue weighted by atomic mass is 35.5. The number of aromatic nitrogens is 4. The van der Waals surface area contributed by atoms with E-state index in [0.29, 0.717) is 39.8 Å². The molecule has 4 rings (SSSR count). The lowest BCUT2D eigenvalue weighted by Crippen LogP contribution is -2.19. The molecule has 10 heteroatoms. The normalized spacial score (nSPS) is 10.8. The van der Waals surface area contributed by atoms with Gasteiger partial charge in [-0.2, -0.15) is 10.2 Å². The number of thiocarbonyl (C=S) groups is 1. The maximum absolute atomic E-state index is 13.3. The van der Waals surface area contributed by atoms with Gasteiger partial charge in [0.1, 0.15) is 5.82 Å². The monoisotopic (exact) mass is 474 g/mol. The van der Waals surface area contributed by atoms with E-state index < -0.39 is 0 Å². The molecule has 6 nitrogen and oxygen atoms in total. The molecule has 0 bridgehead atoms. The van der Waals surface area contributed by atoms with Gasteiger partial charge in [0.2, 0.25) is 0 Å². The minimum Gasteiger partial charge on any atom is -0.330 e. The zero-order valence-corrected chi connectivity index (χ0v) is 18.4. The number of halogens is 3. The van der Waals surface area contributed by atoms with E-state index in [1.54, 1.807) is 52.1 Å². The Morgan fingerprint density at radius 3 is 2.55 bits per heavy atom. The van der Waals surface area contributed by atoms with E-state index in [-0.39, 0.29) is 5.82 Å². The van der Waals surface area contributed by atoms with Gasteiger partial charge in [0, 0.05) is 34.1 Å². The molecule has 31 heavy (non-hydrogen) atoms. The van der Waals surface area contributed by atoms with Crippen molar-refractivity contribution in [3.05, 3.63) is 94.1 Å². The Morgan fingerprint density at radius 2 is 1.77 bits per heavy atom. The minimum absolute atomic E-state index is 0.273. The summed E-state index contributed by atoms with van der Waals surface area (Å²) in [5.74, 6) is 0.303. The number of hydrogen-bond acceptors (Lipinski definition) is 3. The van der Waals surface area contributed by atoms with Gasteiger partial charge in [-0.05, 0) is 42.0 Å². The van der Waals surface area contributed by atoms with Gasteiger partial charge >= 0.3 is 0 Å². The third kappa shape index (κ3) is 5.61. The van der Waals surface area contributed by atoms with Gasteiger partial charge in [0.25, 0.3) is 0 Å². The Balaban J connectivity index is 1.34. The van der Waals surface area contributed by atoms with Gasteiger partial charge in [-0.3, -0.25) is 9.36 Å². The van der Waals surface area contributed by atoms with Crippen molar-refractivity contribution in [1.29, 1.82) is 0 Å². The maximum Gasteiger partial charge on any atom is 0.176 e. The van der Waals surface area contributed by atoms with E-state index >= 15 is 0 Å². The fourth-order valence-corrected chi connectivity index (χ4v) is 3.72. The van der Waals surface area contributed by atoms with Crippen LogP contribution in [-0.4, -0.2) is 24.7 Å². The van der Waals surface area contributed by atoms with Crippen LogP contribution in [0.5, 0.6) is 0 Å². The van der Waals surface area contributed by atoms with Crippen molar-refractivity contribution < 1.29 is 4.39 Å². The molecule has 0 aliphatic carbocycles. The highest BCUT2D eigenvalue weighted by molar-refractivity contribution is 7.80. The summed E-state index contributed by atoms with van der Waals surface area (Å²) in [4.78, 5) is 0. The first-order valence-corrected chi connectivity index (χ1v) is 10.4. The number of benzene rings is 2. The highest BCUT2D eigenvalue weighted by Crippen LogP contribution is 2.25. The first kappa shape index (κ1) is 21.3. The van der Waals surface area contributed by atoms with Crippen molar-refractivity contribution in [2.45, 2.75) is 13.1 Å². The van der Waals surface area contributed by atoms with Crippen LogP contribution in [0, 0.1) is 5.82 Å². The molecule has 0 atom stereocenters. The molecule has 2 N–H and O–H groups in total. The van der Waals surface area contributed by atoms with E-state index in [4.69, 9.17) is 35.4 Å². The van der Waals surface area contributed by atoms with E-state index in [1.165, 1.54) is 12.1 Å². The lowest BCUT2D eigenvalue weighted by molar-refractivity contribution is 0.619. The van der Waals surface area contributed by atoms with Crippen molar-refractivity contribution in [2.24, 2.45) is 0 Å². The summed E-state index contributed by atoms with van der Waals surface area (Å²) in [5, 5.41) is 16.3. The molecule has 0 fully saturated rings. The van der Waals surface area contributed by atoms with Crippen LogP contribution >= 0.6 is 35.4 Å². The maximum atomic E-state index is 13.3. The Hall–Kier alpha value is -2.94. The van der Waals surface area contributed by atoms with Gasteiger partial charge < -0.3 is 10.6 Å². The van der Waals surface area contributed by atoms with Crippen LogP contribution in [0.25, 0.3) is 0 Å². The Morgan fingerprint density at radius 1 is 1.00 bits per heavy atom. The summed E-state index contributed by atoms with van der Waals surface area (Å²) in [6.07, 6.45) is 5.24. The van der Waals surface area contributed by atoms with Gasteiger partial charge in [0.15, 0.2) is 10.9 Å². The van der Waals surface area contributed by atoms with Crippen LogP contribution in [0.2, 0.25) is 10.0 Å². The summed E-state index contributed by atoms with van der Waals surface area (Å²) < 4.78 is 16.7. The number of nitrogens with one attached hydrogen (secondary N) is 2. The van der Waals surface area contributed by atoms with Crippen molar-refractivity contribution in [3.8, 4) is 0 Å². The molecular weight excluding hydrogens is 458 g/mol. The van der Waals surface area contributed by atoms with Crippen molar-refractivity contribution >= 4 is 52.0 Å². The van der Waals surface area contributed by atoms with E-state index in [1.807, 2.05) is 12.3 Å². The summed E-state index contributed by atoms with van der Waals surface area (Å²) in [7, 11) is 0. The van der Waals surface area contributed by atoms with Crippen LogP contribution in [0.3, 0.4) is 0 Å². The second-order valence-electron chi connectivity index (χ2n) is 6.73. The standard InChI is InChI=1S/C21H17Cl2FN6S/c22-18-5-2-6-19(23)17(18)13-29-8-7-20(28-29)27-21(31)26-16-10-25-30(12-16)11-14-3-1-4-15(24)9-14/h1-10,12H,11,13H2,(H2,26,27,28,31). The van der Waals surface area contributed by atoms with Crippen molar-refractivity contribution in [1.82, 2.24) is 19.6 Å². The van der Waals surface area contributed by atoms with E-state index in [0.717, 1.165) is 11.1 Å². The summed E-state index contributed by atoms with van der Waals surface area (Å²) in [6.45, 7) is 0.891. The second-order valence-corrected chi connectivity index (χ2v) is 7.96. The molecule has 0 saturated heterocycles. The summed E-state index contributed by atoms with van der Waals surface area (Å²) in [5.41, 5.74) is 2.32. The molecule has 0 aliphatic rings. The molecular formula is C21H17Cl2FN6S. The average Bonchev–Trinajstić information content (AvgIpc) is 3.34. The highest BCUT2D eigenvalue weighted by Gasteiger charge is 2.09. The van der Waals surface area contributed by atoms with Crippen LogP contribution in [-0.2, 0) is 13.1 Å². The van der Waals surface area contributed by atoms with Crippen LogP contribution < -0.4 is 10.6 Å². The quantitative estimate of drug-likeness (QED) is 0.364. The van der Waals surface area contributed by atoms with Gasteiger partial charge in [-0.25, -0.2) is 4.39 Å². The fourth-order valence-electron chi connectivity index (χ4n) is 2.98. The lowest BCUT2D eigenvalue weighted by Gasteiger charge is -2.08. The smallest absolute Gasteiger partial charge is 0.176 e. The van der Waals surface area contributed by atoms with E-state index in [2.05, 4.69) is 20.8 Å². The second kappa shape index (κ2) is 9.47. The van der Waals surface area contributed by atoms with Gasteiger partial charge in [-0.15, -0.1) is 0 Å². The Bertz CT molecular complexity index is 1200. The molecule has 2 aromatic heterocycles. The SMILES string of the molecule is Fc1cccc(Cn2cc(NC(=S)Nc3ccn(Cc4c(Cl)cccc4Cl)n3)cn2)c1. The molecule has 0 aliphatic heterocycles. The summed E-state index contributed by atoms with van der Waals surface area (Å²) in [6, 6.07) is 13.6. The largest absolute Gasteiger partial charge is 0.330 e. The molecule has 0 unspecified atom stereocenters. The zero-order valence-electron chi connectivity index (χ0n) is 16.1. The van der Waals surface area contributed by atoms with Crippen LogP contribution in [0.1, 0.15) is 11.1 Å². The molecule has 158 valence electrons. The number of anilines is 2. The average molecular weight is 475 g/mol. The molecule has 0 radical (unpaired) electrons. The van der Waals surface area contributed by atoms with Crippen LogP contribution in [0.15, 0.2) is 67.1 Å². The van der Waals surface area contributed by atoms with Crippen molar-refractivity contribution in [3.63, 3.8) is 0 Å². The topological polar surface area (TPSA) is 59.7 Å². The molecule has 0 saturated carbocycles. The molecule has 0 spiro atoms. The van der Waals surface area contributed by atoms with Gasteiger partial charge in [-0.1, -0.05) is 41.4 Å². The summed E-state index contributed by atoms with van der Waals surface area (Å²) >= 11 is 17.8. The fraction of sp³-hybridized carbons (Fsp3) is 0.0952. The third-order valence-corrected chi connectivity index (χ3v) is 5.30. The zero-order chi connectivity index (χ0) is 21.8. The Kier molecular flexibility index (Phi) is 6.50. The van der Waals surface area contributed by atoms with E-state index in [9.17, 15) is 4.39 Å². The lowest BCUT2D eigenvalue weighted by atomic mass is 10.2. The van der Waals surface area contributed by atoms with Gasteiger partial charge in [0.05, 0.1) is 25.0 Å². The molecule has 4 aromatic rings. The predicted octanol–water partition coefficient (Wildman–Crippen LogP) is 5.43. The number of nitrogens with zero attached hydrogens (tertiary/aromatic N) is 4. The Labute approximate surface area is 193 Å². The van der Waals surface area contributed by atoms with Crippen LogP contribution in [0.4, 0.5) is 15.9 Å². The molecule has 2 aromatic carbocycles. The first-order chi connectivity index (χ1) is 15.0.